The summed E-state index contributed by atoms with van der Waals surface area (Å²) < 4.78 is 32.0. The number of rotatable bonds is 7. The molecule has 2 aromatic carbocycles. The van der Waals surface area contributed by atoms with Gasteiger partial charge in [-0.05, 0) is 48.6 Å². The molecule has 0 radical (unpaired) electrons. The Bertz CT molecular complexity index is 1120. The van der Waals surface area contributed by atoms with Crippen LogP contribution in [0.25, 0.3) is 5.69 Å². The summed E-state index contributed by atoms with van der Waals surface area (Å²) in [5.74, 6) is 0.0217. The molecule has 0 bridgehead atoms. The molecule has 0 fully saturated rings. The Kier molecular flexibility index (Phi) is 6.41. The number of aromatic nitrogens is 2. The molecule has 0 amide bonds. The molecule has 1 aromatic heterocycles. The van der Waals surface area contributed by atoms with Crippen molar-refractivity contribution in [3.8, 4) is 23.1 Å². The van der Waals surface area contributed by atoms with Crippen LogP contribution < -0.4 is 9.47 Å². The molecule has 3 rings (SSSR count). The first-order chi connectivity index (χ1) is 14.4. The predicted molar refractivity (Wildman–Crippen MR) is 111 cm³/mol. The number of hydrogen-bond donors (Lipinski definition) is 1. The molecule has 30 heavy (non-hydrogen) atoms. The number of hydrogen-bond acceptors (Lipinski definition) is 6. The zero-order valence-electron chi connectivity index (χ0n) is 16.7. The van der Waals surface area contributed by atoms with Crippen LogP contribution in [0.5, 0.6) is 17.4 Å². The fourth-order valence-corrected chi connectivity index (χ4v) is 3.47. The van der Waals surface area contributed by atoms with Crippen molar-refractivity contribution in [2.45, 2.75) is 13.0 Å². The van der Waals surface area contributed by atoms with Crippen LogP contribution in [-0.4, -0.2) is 41.5 Å². The number of benzene rings is 2. The first kappa shape index (κ1) is 21.4. The Morgan fingerprint density at radius 2 is 1.80 bits per heavy atom. The summed E-state index contributed by atoms with van der Waals surface area (Å²) in [5, 5.41) is 10.9. The number of carbonyl (C=O) groups is 1. The van der Waals surface area contributed by atoms with E-state index in [2.05, 4.69) is 0 Å². The van der Waals surface area contributed by atoms with Crippen molar-refractivity contribution in [3.63, 3.8) is 0 Å². The van der Waals surface area contributed by atoms with E-state index in [1.807, 2.05) is 6.07 Å². The first-order valence-electron chi connectivity index (χ1n) is 8.96. The molecule has 0 aliphatic rings. The highest BCUT2D eigenvalue weighted by molar-refractivity contribution is 7.71. The molecule has 3 aromatic rings. The summed E-state index contributed by atoms with van der Waals surface area (Å²) in [7, 11) is 4.36. The van der Waals surface area contributed by atoms with E-state index in [-0.39, 0.29) is 29.3 Å². The summed E-state index contributed by atoms with van der Waals surface area (Å²) in [6.45, 7) is 0.222. The van der Waals surface area contributed by atoms with Crippen molar-refractivity contribution in [1.82, 2.24) is 9.13 Å². The average molecular weight is 432 g/mol. The van der Waals surface area contributed by atoms with Gasteiger partial charge in [-0.25, -0.2) is 4.39 Å². The Labute approximate surface area is 177 Å². The number of aromatic hydroxyl groups is 1. The lowest BCUT2D eigenvalue weighted by atomic mass is 10.2. The van der Waals surface area contributed by atoms with Crippen LogP contribution in [0.4, 0.5) is 4.39 Å². The van der Waals surface area contributed by atoms with Gasteiger partial charge in [0, 0.05) is 11.6 Å². The predicted octanol–water partition coefficient (Wildman–Crippen LogP) is 3.63. The lowest BCUT2D eigenvalue weighted by Gasteiger charge is -2.13. The molecule has 158 valence electrons. The van der Waals surface area contributed by atoms with Gasteiger partial charge in [0.05, 0.1) is 45.7 Å². The summed E-state index contributed by atoms with van der Waals surface area (Å²) in [6, 6.07) is 10.8. The number of halogens is 1. The zero-order chi connectivity index (χ0) is 21.8. The number of ether oxygens (including phenoxy) is 3. The highest BCUT2D eigenvalue weighted by Gasteiger charge is 2.22. The van der Waals surface area contributed by atoms with Crippen LogP contribution in [0.3, 0.4) is 0 Å². The van der Waals surface area contributed by atoms with Crippen LogP contribution >= 0.6 is 12.2 Å². The van der Waals surface area contributed by atoms with Crippen molar-refractivity contribution in [2.75, 3.05) is 21.3 Å². The lowest BCUT2D eigenvalue weighted by molar-refractivity contribution is -0.139. The van der Waals surface area contributed by atoms with Crippen LogP contribution in [0.15, 0.2) is 42.5 Å². The minimum absolute atomic E-state index is 0.196. The van der Waals surface area contributed by atoms with Gasteiger partial charge >= 0.3 is 5.97 Å². The number of methoxy groups -OCH3 is 3. The van der Waals surface area contributed by atoms with Gasteiger partial charge in [-0.3, -0.25) is 9.36 Å². The maximum atomic E-state index is 13.4. The monoisotopic (exact) mass is 432 g/mol. The molecule has 0 aliphatic heterocycles. The fraction of sp³-hybridized carbons (Fsp3) is 0.238. The first-order valence-corrected chi connectivity index (χ1v) is 9.37. The van der Waals surface area contributed by atoms with Crippen LogP contribution in [-0.2, 0) is 22.5 Å². The Morgan fingerprint density at radius 1 is 1.10 bits per heavy atom. The van der Waals surface area contributed by atoms with E-state index in [1.54, 1.807) is 23.8 Å². The van der Waals surface area contributed by atoms with Crippen molar-refractivity contribution >= 4 is 18.2 Å². The van der Waals surface area contributed by atoms with E-state index in [4.69, 9.17) is 26.4 Å². The van der Waals surface area contributed by atoms with Crippen molar-refractivity contribution < 1.29 is 28.5 Å². The number of nitrogens with zero attached hydrogens (tertiary/aromatic N) is 2. The normalized spacial score (nSPS) is 10.7. The molecule has 0 aliphatic carbocycles. The van der Waals surface area contributed by atoms with Crippen molar-refractivity contribution in [1.29, 1.82) is 0 Å². The van der Waals surface area contributed by atoms with Gasteiger partial charge in [0.25, 0.3) is 0 Å². The standard InChI is InChI=1S/C21H21FN2O5S/c1-27-16-9-4-13(18(10-16)28-2)12-23-17(11-19(25)29-3)20(26)24(21(23)30)15-7-5-14(22)6-8-15/h4-10,26H,11-12H2,1-3H3. The van der Waals surface area contributed by atoms with Gasteiger partial charge in [0.15, 0.2) is 4.77 Å². The van der Waals surface area contributed by atoms with Gasteiger partial charge in [-0.15, -0.1) is 0 Å². The quantitative estimate of drug-likeness (QED) is 0.454. The highest BCUT2D eigenvalue weighted by atomic mass is 32.1. The molecular weight excluding hydrogens is 411 g/mol. The van der Waals surface area contributed by atoms with E-state index in [0.29, 0.717) is 17.2 Å². The average Bonchev–Trinajstić information content (AvgIpc) is 2.98. The van der Waals surface area contributed by atoms with Crippen LogP contribution in [0.1, 0.15) is 11.3 Å². The zero-order valence-corrected chi connectivity index (χ0v) is 17.5. The molecule has 0 saturated carbocycles. The summed E-state index contributed by atoms with van der Waals surface area (Å²) in [4.78, 5) is 12.0. The van der Waals surface area contributed by atoms with Crippen LogP contribution in [0.2, 0.25) is 0 Å². The van der Waals surface area contributed by atoms with Crippen molar-refractivity contribution in [3.05, 3.63) is 64.3 Å². The highest BCUT2D eigenvalue weighted by Crippen LogP contribution is 2.30. The van der Waals surface area contributed by atoms with Crippen LogP contribution in [0, 0.1) is 10.6 Å². The molecule has 9 heteroatoms. The van der Waals surface area contributed by atoms with Gasteiger partial charge in [0.1, 0.15) is 17.3 Å². The fourth-order valence-electron chi connectivity index (χ4n) is 3.10. The smallest absolute Gasteiger partial charge is 0.311 e. The SMILES string of the molecule is COC(=O)Cc1c(O)n(-c2ccc(F)cc2)c(=S)n1Cc1ccc(OC)cc1OC. The van der Waals surface area contributed by atoms with Gasteiger partial charge in [0.2, 0.25) is 5.88 Å². The van der Waals surface area contributed by atoms with Gasteiger partial charge in [-0.2, -0.15) is 0 Å². The second kappa shape index (κ2) is 9.00. The second-order valence-corrected chi connectivity index (χ2v) is 6.75. The molecule has 0 atom stereocenters. The van der Waals surface area contributed by atoms with E-state index in [0.717, 1.165) is 5.56 Å². The van der Waals surface area contributed by atoms with E-state index >= 15 is 0 Å². The second-order valence-electron chi connectivity index (χ2n) is 6.38. The van der Waals surface area contributed by atoms with Gasteiger partial charge < -0.3 is 23.9 Å². The van der Waals surface area contributed by atoms with E-state index in [1.165, 1.54) is 43.1 Å². The molecule has 0 spiro atoms. The number of esters is 1. The maximum absolute atomic E-state index is 13.4. The van der Waals surface area contributed by atoms with Gasteiger partial charge in [-0.1, -0.05) is 0 Å². The largest absolute Gasteiger partial charge is 0.497 e. The number of carbonyl (C=O) groups excluding carboxylic acids is 1. The molecule has 0 unspecified atom stereocenters. The van der Waals surface area contributed by atoms with Crippen molar-refractivity contribution in [2.24, 2.45) is 0 Å². The third kappa shape index (κ3) is 4.16. The lowest BCUT2D eigenvalue weighted by Crippen LogP contribution is -2.12. The minimum Gasteiger partial charge on any atom is -0.497 e. The Morgan fingerprint density at radius 3 is 2.40 bits per heavy atom. The molecule has 1 N–H and O–H groups in total. The number of imidazole rings is 1. The molecule has 0 saturated heterocycles. The minimum atomic E-state index is -0.535. The third-order valence-corrected chi connectivity index (χ3v) is 5.07. The van der Waals surface area contributed by atoms with E-state index in [9.17, 15) is 14.3 Å². The molecule has 1 heterocycles. The summed E-state index contributed by atoms with van der Waals surface area (Å²) in [5.41, 5.74) is 1.50. The molecular formula is C21H21FN2O5S. The van der Waals surface area contributed by atoms with E-state index < -0.39 is 11.8 Å². The topological polar surface area (TPSA) is 74.9 Å². The Hall–Kier alpha value is -3.33. The maximum Gasteiger partial charge on any atom is 0.311 e. The summed E-state index contributed by atoms with van der Waals surface area (Å²) >= 11 is 5.59. The summed E-state index contributed by atoms with van der Waals surface area (Å²) in [6.07, 6.45) is -0.196. The molecule has 7 nitrogen and oxygen atoms in total. The Balaban J connectivity index is 2.15. The third-order valence-electron chi connectivity index (χ3n) is 4.66.